The lowest BCUT2D eigenvalue weighted by Gasteiger charge is -2.42. The summed E-state index contributed by atoms with van der Waals surface area (Å²) in [7, 11) is 0. The van der Waals surface area contributed by atoms with Crippen molar-refractivity contribution in [3.63, 3.8) is 0 Å². The van der Waals surface area contributed by atoms with E-state index in [0.717, 1.165) is 66.1 Å². The molecule has 2 fully saturated rings. The quantitative estimate of drug-likeness (QED) is 0.152. The van der Waals surface area contributed by atoms with Crippen LogP contribution in [-0.4, -0.2) is 64.9 Å². The molecule has 2 aliphatic rings. The zero-order valence-corrected chi connectivity index (χ0v) is 28.8. The Bertz CT molecular complexity index is 1750. The van der Waals surface area contributed by atoms with Gasteiger partial charge in [-0.1, -0.05) is 86.8 Å². The highest BCUT2D eigenvalue weighted by molar-refractivity contribution is 5.90. The number of hydrogen-bond donors (Lipinski definition) is 3. The summed E-state index contributed by atoms with van der Waals surface area (Å²) in [6, 6.07) is 20.1. The fourth-order valence-corrected chi connectivity index (χ4v) is 7.93. The number of amides is 2. The van der Waals surface area contributed by atoms with Crippen molar-refractivity contribution < 1.29 is 22.8 Å². The van der Waals surface area contributed by atoms with Crippen molar-refractivity contribution in [3.05, 3.63) is 107 Å². The third kappa shape index (κ3) is 8.58. The second-order valence-electron chi connectivity index (χ2n) is 13.8. The lowest BCUT2D eigenvalue weighted by atomic mass is 9.82. The maximum absolute atomic E-state index is 14.8. The van der Waals surface area contributed by atoms with Gasteiger partial charge < -0.3 is 20.5 Å². The van der Waals surface area contributed by atoms with E-state index in [1.165, 1.54) is 36.3 Å². The predicted molar refractivity (Wildman–Crippen MR) is 190 cm³/mol. The number of rotatable bonds is 12. The van der Waals surface area contributed by atoms with Crippen LogP contribution in [0.15, 0.2) is 79.0 Å². The Morgan fingerprint density at radius 2 is 1.58 bits per heavy atom. The molecule has 1 aliphatic carbocycles. The van der Waals surface area contributed by atoms with Crippen molar-refractivity contribution in [1.82, 2.24) is 25.4 Å². The van der Waals surface area contributed by atoms with Gasteiger partial charge in [0, 0.05) is 62.3 Å². The van der Waals surface area contributed by atoms with E-state index in [1.54, 1.807) is 6.07 Å². The molecule has 3 aromatic carbocycles. The summed E-state index contributed by atoms with van der Waals surface area (Å²) in [6.45, 7) is 4.39. The van der Waals surface area contributed by atoms with Crippen LogP contribution in [0.5, 0.6) is 0 Å². The molecule has 4 aromatic rings. The summed E-state index contributed by atoms with van der Waals surface area (Å²) < 4.78 is 42.6. The largest absolute Gasteiger partial charge is 0.416 e. The maximum atomic E-state index is 14.8. The van der Waals surface area contributed by atoms with Gasteiger partial charge in [0.1, 0.15) is 6.04 Å². The number of para-hydroxylation sites is 1. The zero-order chi connectivity index (χ0) is 35.1. The monoisotopic (exact) mass is 687 g/mol. The van der Waals surface area contributed by atoms with E-state index in [2.05, 4.69) is 20.5 Å². The molecule has 1 aliphatic heterocycles. The van der Waals surface area contributed by atoms with Crippen LogP contribution in [0.1, 0.15) is 66.8 Å². The SMILES string of the molecule is CCc1ccccc1CN(Cc1ccccc1C(F)(F)F)C(=O)C(Cc1c[nH]c2ccccc12)NC(=O)CN1CCNCC1C1CCCCC1. The van der Waals surface area contributed by atoms with E-state index in [-0.39, 0.29) is 43.6 Å². The number of aryl methyl sites for hydroxylation is 1. The van der Waals surface area contributed by atoms with Crippen molar-refractivity contribution in [2.45, 2.75) is 83.2 Å². The first-order valence-corrected chi connectivity index (χ1v) is 18.0. The molecule has 1 saturated carbocycles. The minimum absolute atomic E-state index is 0.00985. The Hall–Kier alpha value is -4.15. The third-order valence-electron chi connectivity index (χ3n) is 10.5. The van der Waals surface area contributed by atoms with Gasteiger partial charge in [0.25, 0.3) is 0 Å². The van der Waals surface area contributed by atoms with Crippen LogP contribution < -0.4 is 10.6 Å². The summed E-state index contributed by atoms with van der Waals surface area (Å²) in [5, 5.41) is 7.53. The molecule has 50 heavy (non-hydrogen) atoms. The molecule has 0 bridgehead atoms. The normalized spacial score (nSPS) is 18.2. The summed E-state index contributed by atoms with van der Waals surface area (Å²) >= 11 is 0. The number of H-pyrrole nitrogens is 1. The molecule has 2 amide bonds. The number of alkyl halides is 3. The average molecular weight is 688 g/mol. The van der Waals surface area contributed by atoms with Gasteiger partial charge in [-0.2, -0.15) is 13.2 Å². The van der Waals surface area contributed by atoms with Gasteiger partial charge in [-0.05, 0) is 59.6 Å². The first-order valence-electron chi connectivity index (χ1n) is 18.0. The number of aromatic amines is 1. The van der Waals surface area contributed by atoms with Crippen molar-refractivity contribution in [2.75, 3.05) is 26.2 Å². The molecule has 2 atom stereocenters. The van der Waals surface area contributed by atoms with Crippen LogP contribution in [0.2, 0.25) is 0 Å². The average Bonchev–Trinajstić information content (AvgIpc) is 3.54. The number of nitrogens with one attached hydrogen (secondary N) is 3. The highest BCUT2D eigenvalue weighted by Gasteiger charge is 2.36. The number of fused-ring (bicyclic) bond motifs is 1. The van der Waals surface area contributed by atoms with Gasteiger partial charge in [0.05, 0.1) is 12.1 Å². The van der Waals surface area contributed by atoms with Crippen LogP contribution in [0.25, 0.3) is 10.9 Å². The Kier molecular flexibility index (Phi) is 11.6. The fraction of sp³-hybridized carbons (Fsp3) is 0.450. The van der Waals surface area contributed by atoms with Crippen molar-refractivity contribution in [3.8, 4) is 0 Å². The number of aromatic nitrogens is 1. The van der Waals surface area contributed by atoms with Crippen LogP contribution in [0, 0.1) is 5.92 Å². The second kappa shape index (κ2) is 16.2. The Morgan fingerprint density at radius 3 is 2.34 bits per heavy atom. The predicted octanol–water partition coefficient (Wildman–Crippen LogP) is 6.86. The number of benzene rings is 3. The lowest BCUT2D eigenvalue weighted by molar-refractivity contribution is -0.141. The van der Waals surface area contributed by atoms with Gasteiger partial charge in [-0.15, -0.1) is 0 Å². The van der Waals surface area contributed by atoms with E-state index in [9.17, 15) is 22.8 Å². The van der Waals surface area contributed by atoms with Gasteiger partial charge in [-0.3, -0.25) is 14.5 Å². The first kappa shape index (κ1) is 35.7. The molecule has 1 aromatic heterocycles. The number of carbonyl (C=O) groups is 2. The molecule has 6 rings (SSSR count). The fourth-order valence-electron chi connectivity index (χ4n) is 7.93. The molecular weight excluding hydrogens is 639 g/mol. The molecule has 7 nitrogen and oxygen atoms in total. The topological polar surface area (TPSA) is 80.5 Å². The maximum Gasteiger partial charge on any atom is 0.416 e. The smallest absolute Gasteiger partial charge is 0.361 e. The molecule has 1 saturated heterocycles. The van der Waals surface area contributed by atoms with Crippen LogP contribution >= 0.6 is 0 Å². The Morgan fingerprint density at radius 1 is 0.900 bits per heavy atom. The van der Waals surface area contributed by atoms with E-state index < -0.39 is 23.7 Å². The van der Waals surface area contributed by atoms with E-state index in [4.69, 9.17) is 0 Å². The number of halogens is 3. The van der Waals surface area contributed by atoms with E-state index in [1.807, 2.05) is 61.7 Å². The van der Waals surface area contributed by atoms with Gasteiger partial charge in [-0.25, -0.2) is 0 Å². The van der Waals surface area contributed by atoms with Crippen molar-refractivity contribution in [1.29, 1.82) is 0 Å². The van der Waals surface area contributed by atoms with Gasteiger partial charge >= 0.3 is 6.18 Å². The molecule has 2 heterocycles. The molecule has 3 N–H and O–H groups in total. The van der Waals surface area contributed by atoms with Crippen LogP contribution in [0.4, 0.5) is 13.2 Å². The lowest BCUT2D eigenvalue weighted by Crippen LogP contribution is -2.58. The minimum atomic E-state index is -4.58. The Labute approximate surface area is 292 Å². The highest BCUT2D eigenvalue weighted by atomic mass is 19.4. The summed E-state index contributed by atoms with van der Waals surface area (Å²) in [6.07, 6.45) is 4.13. The Balaban J connectivity index is 1.32. The van der Waals surface area contributed by atoms with E-state index >= 15 is 0 Å². The first-order chi connectivity index (χ1) is 24.2. The van der Waals surface area contributed by atoms with Crippen molar-refractivity contribution >= 4 is 22.7 Å². The number of hydrogen-bond acceptors (Lipinski definition) is 4. The number of nitrogens with zero attached hydrogens (tertiary/aromatic N) is 2. The molecule has 10 heteroatoms. The molecular formula is C40H48F3N5O2. The third-order valence-corrected chi connectivity index (χ3v) is 10.5. The summed E-state index contributed by atoms with van der Waals surface area (Å²) in [4.78, 5) is 35.8. The molecule has 266 valence electrons. The van der Waals surface area contributed by atoms with Crippen LogP contribution in [0.3, 0.4) is 0 Å². The summed E-state index contributed by atoms with van der Waals surface area (Å²) in [5.74, 6) is -0.151. The number of piperazine rings is 1. The minimum Gasteiger partial charge on any atom is -0.361 e. The van der Waals surface area contributed by atoms with E-state index in [0.29, 0.717) is 12.3 Å². The molecule has 2 unspecified atom stereocenters. The zero-order valence-electron chi connectivity index (χ0n) is 28.8. The summed E-state index contributed by atoms with van der Waals surface area (Å²) in [5.41, 5.74) is 2.87. The van der Waals surface area contributed by atoms with Crippen molar-refractivity contribution in [2.24, 2.45) is 5.92 Å². The standard InChI is InChI=1S/C40H48F3N5O2/c1-2-28-12-6-7-15-30(28)25-48(26-31-16-8-10-18-34(31)40(41,42)43)39(50)36(22-32-23-45-35-19-11-9-17-33(32)35)46-38(49)27-47-21-20-44-24-37(47)29-13-4-3-5-14-29/h6-12,15-19,23,29,36-37,44-45H,2-5,13-14,20-22,24-27H2,1H3,(H,46,49). The molecule has 0 radical (unpaired) electrons. The molecule has 0 spiro atoms. The van der Waals surface area contributed by atoms with Gasteiger partial charge in [0.2, 0.25) is 11.8 Å². The van der Waals surface area contributed by atoms with Crippen LogP contribution in [-0.2, 0) is 41.7 Å². The highest BCUT2D eigenvalue weighted by Crippen LogP contribution is 2.33. The number of carbonyl (C=O) groups excluding carboxylic acids is 2. The second-order valence-corrected chi connectivity index (χ2v) is 13.8. The van der Waals surface area contributed by atoms with Gasteiger partial charge in [0.15, 0.2) is 0 Å².